The number of furan rings is 1. The Kier molecular flexibility index (Phi) is 2.82. The van der Waals surface area contributed by atoms with Crippen molar-refractivity contribution in [3.63, 3.8) is 0 Å². The average molecular weight is 225 g/mol. The molecule has 0 aliphatic rings. The number of halogens is 1. The Morgan fingerprint density at radius 3 is 2.93 bits per heavy atom. The van der Waals surface area contributed by atoms with E-state index >= 15 is 0 Å². The van der Waals surface area contributed by atoms with Crippen molar-refractivity contribution in [3.8, 4) is 0 Å². The van der Waals surface area contributed by atoms with E-state index in [4.69, 9.17) is 16.0 Å². The van der Waals surface area contributed by atoms with Crippen LogP contribution >= 0.6 is 11.6 Å². The van der Waals surface area contributed by atoms with E-state index in [1.807, 2.05) is 16.7 Å². The highest BCUT2D eigenvalue weighted by Gasteiger charge is 2.12. The van der Waals surface area contributed by atoms with Gasteiger partial charge in [-0.1, -0.05) is 0 Å². The van der Waals surface area contributed by atoms with Crippen LogP contribution in [0.15, 0.2) is 29.0 Å². The van der Waals surface area contributed by atoms with Gasteiger partial charge in [-0.05, 0) is 37.6 Å². The lowest BCUT2D eigenvalue weighted by atomic mass is 10.2. The van der Waals surface area contributed by atoms with Gasteiger partial charge in [-0.3, -0.25) is 0 Å². The molecule has 0 amide bonds. The second-order valence-corrected chi connectivity index (χ2v) is 4.08. The topological polar surface area (TPSA) is 31.0 Å². The van der Waals surface area contributed by atoms with Gasteiger partial charge < -0.3 is 8.98 Å². The first-order valence-corrected chi connectivity index (χ1v) is 5.30. The number of nitrogens with zero attached hydrogens (tertiary/aromatic N) is 2. The van der Waals surface area contributed by atoms with E-state index < -0.39 is 0 Å². The summed E-state index contributed by atoms with van der Waals surface area (Å²) in [6, 6.07) is 4.14. The zero-order valence-electron chi connectivity index (χ0n) is 8.77. The highest BCUT2D eigenvalue weighted by atomic mass is 35.5. The smallest absolute Gasteiger partial charge is 0.203 e. The number of hydrogen-bond acceptors (Lipinski definition) is 2. The van der Waals surface area contributed by atoms with Gasteiger partial charge in [0.05, 0.1) is 12.5 Å². The molecule has 0 aromatic carbocycles. The molecule has 0 unspecified atom stereocenters. The van der Waals surface area contributed by atoms with Gasteiger partial charge in [-0.15, -0.1) is 0 Å². The van der Waals surface area contributed by atoms with Crippen LogP contribution in [0.2, 0.25) is 5.28 Å². The molecule has 2 aromatic heterocycles. The van der Waals surface area contributed by atoms with Crippen LogP contribution in [0.5, 0.6) is 0 Å². The van der Waals surface area contributed by atoms with E-state index in [1.165, 1.54) is 0 Å². The Bertz CT molecular complexity index is 431. The van der Waals surface area contributed by atoms with Crippen molar-refractivity contribution >= 4 is 11.6 Å². The molecule has 0 radical (unpaired) electrons. The first-order valence-electron chi connectivity index (χ1n) is 4.92. The second-order valence-electron chi connectivity index (χ2n) is 3.74. The zero-order valence-corrected chi connectivity index (χ0v) is 9.53. The molecule has 0 saturated carbocycles. The highest BCUT2D eigenvalue weighted by Crippen LogP contribution is 2.20. The van der Waals surface area contributed by atoms with Crippen LogP contribution in [0.1, 0.15) is 31.3 Å². The van der Waals surface area contributed by atoms with Crippen LogP contribution in [-0.4, -0.2) is 9.55 Å². The van der Waals surface area contributed by atoms with Gasteiger partial charge in [0.15, 0.2) is 0 Å². The SMILES string of the molecule is CC(C)n1c(Cc2ccco2)cnc1Cl. The minimum absolute atomic E-state index is 0.310. The summed E-state index contributed by atoms with van der Waals surface area (Å²) in [5, 5.41) is 0.534. The molecule has 0 aliphatic heterocycles. The second kappa shape index (κ2) is 4.11. The Morgan fingerprint density at radius 2 is 2.33 bits per heavy atom. The predicted molar refractivity (Wildman–Crippen MR) is 59.1 cm³/mol. The Hall–Kier alpha value is -1.22. The Morgan fingerprint density at radius 1 is 1.53 bits per heavy atom. The first kappa shape index (κ1) is 10.3. The van der Waals surface area contributed by atoms with Gasteiger partial charge in [0.2, 0.25) is 5.28 Å². The maximum atomic E-state index is 6.00. The Balaban J connectivity index is 2.29. The fourth-order valence-corrected chi connectivity index (χ4v) is 1.99. The van der Waals surface area contributed by atoms with Gasteiger partial charge in [0.1, 0.15) is 5.76 Å². The van der Waals surface area contributed by atoms with Crippen molar-refractivity contribution in [2.75, 3.05) is 0 Å². The lowest BCUT2D eigenvalue weighted by molar-refractivity contribution is 0.507. The molecule has 2 heterocycles. The summed E-state index contributed by atoms with van der Waals surface area (Å²) in [6.07, 6.45) is 4.20. The molecule has 0 N–H and O–H groups in total. The van der Waals surface area contributed by atoms with Crippen molar-refractivity contribution in [1.29, 1.82) is 0 Å². The van der Waals surface area contributed by atoms with Gasteiger partial charge in [0, 0.05) is 18.2 Å². The van der Waals surface area contributed by atoms with Gasteiger partial charge in [0.25, 0.3) is 0 Å². The average Bonchev–Trinajstić information content (AvgIpc) is 2.76. The lowest BCUT2D eigenvalue weighted by Crippen LogP contribution is -2.05. The van der Waals surface area contributed by atoms with E-state index in [0.717, 1.165) is 17.9 Å². The molecule has 0 spiro atoms. The molecule has 0 aliphatic carbocycles. The van der Waals surface area contributed by atoms with Crippen molar-refractivity contribution in [2.24, 2.45) is 0 Å². The van der Waals surface area contributed by atoms with Crippen molar-refractivity contribution < 1.29 is 4.42 Å². The summed E-state index contributed by atoms with van der Waals surface area (Å²) < 4.78 is 7.30. The minimum Gasteiger partial charge on any atom is -0.469 e. The molecule has 3 nitrogen and oxygen atoms in total. The predicted octanol–water partition coefficient (Wildman–Crippen LogP) is 3.30. The van der Waals surface area contributed by atoms with Crippen LogP contribution in [0.25, 0.3) is 0 Å². The highest BCUT2D eigenvalue weighted by molar-refractivity contribution is 6.28. The summed E-state index contributed by atoms with van der Waals surface area (Å²) in [6.45, 7) is 4.17. The van der Waals surface area contributed by atoms with Crippen molar-refractivity contribution in [3.05, 3.63) is 41.3 Å². The van der Waals surface area contributed by atoms with Gasteiger partial charge in [-0.25, -0.2) is 4.98 Å². The standard InChI is InChI=1S/C11H13ClN2O/c1-8(2)14-9(7-13-11(14)12)6-10-4-3-5-15-10/h3-5,7-8H,6H2,1-2H3. The fourth-order valence-electron chi connectivity index (χ4n) is 1.64. The molecule has 4 heteroatoms. The maximum absolute atomic E-state index is 6.00. The van der Waals surface area contributed by atoms with Crippen LogP contribution in [0.4, 0.5) is 0 Å². The van der Waals surface area contributed by atoms with Crippen LogP contribution in [0.3, 0.4) is 0 Å². The number of aromatic nitrogens is 2. The monoisotopic (exact) mass is 224 g/mol. The molecule has 15 heavy (non-hydrogen) atoms. The summed E-state index contributed by atoms with van der Waals surface area (Å²) in [7, 11) is 0. The minimum atomic E-state index is 0.310. The van der Waals surface area contributed by atoms with E-state index in [-0.39, 0.29) is 0 Å². The quantitative estimate of drug-likeness (QED) is 0.801. The molecule has 0 bridgehead atoms. The molecule has 0 atom stereocenters. The van der Waals surface area contributed by atoms with Crippen LogP contribution in [-0.2, 0) is 6.42 Å². The van der Waals surface area contributed by atoms with E-state index in [0.29, 0.717) is 11.3 Å². The van der Waals surface area contributed by atoms with Crippen molar-refractivity contribution in [1.82, 2.24) is 9.55 Å². The fraction of sp³-hybridized carbons (Fsp3) is 0.364. The molecule has 0 saturated heterocycles. The summed E-state index contributed by atoms with van der Waals surface area (Å²) in [5.41, 5.74) is 1.07. The third-order valence-electron chi connectivity index (χ3n) is 2.28. The van der Waals surface area contributed by atoms with E-state index in [1.54, 1.807) is 12.5 Å². The van der Waals surface area contributed by atoms with Gasteiger partial charge in [-0.2, -0.15) is 0 Å². The first-order chi connectivity index (χ1) is 7.18. The third kappa shape index (κ3) is 2.07. The zero-order chi connectivity index (χ0) is 10.8. The molecule has 0 fully saturated rings. The van der Waals surface area contributed by atoms with E-state index in [2.05, 4.69) is 18.8 Å². The molecule has 80 valence electrons. The summed E-state index contributed by atoms with van der Waals surface area (Å²) in [4.78, 5) is 4.11. The van der Waals surface area contributed by atoms with Crippen LogP contribution < -0.4 is 0 Å². The number of imidazole rings is 1. The Labute approximate surface area is 93.7 Å². The maximum Gasteiger partial charge on any atom is 0.203 e. The molecule has 2 rings (SSSR count). The molecular weight excluding hydrogens is 212 g/mol. The largest absolute Gasteiger partial charge is 0.469 e. The number of rotatable bonds is 3. The number of hydrogen-bond donors (Lipinski definition) is 0. The third-order valence-corrected chi connectivity index (χ3v) is 2.56. The normalized spacial score (nSPS) is 11.2. The van der Waals surface area contributed by atoms with Crippen LogP contribution in [0, 0.1) is 0 Å². The summed E-state index contributed by atoms with van der Waals surface area (Å²) in [5.74, 6) is 0.925. The van der Waals surface area contributed by atoms with Crippen molar-refractivity contribution in [2.45, 2.75) is 26.3 Å². The van der Waals surface area contributed by atoms with Gasteiger partial charge >= 0.3 is 0 Å². The molecule has 2 aromatic rings. The molecular formula is C11H13ClN2O. The summed E-state index contributed by atoms with van der Waals surface area (Å²) >= 11 is 6.00. The lowest BCUT2D eigenvalue weighted by Gasteiger charge is -2.11. The van der Waals surface area contributed by atoms with E-state index in [9.17, 15) is 0 Å².